The Morgan fingerprint density at radius 3 is 2.47 bits per heavy atom. The highest BCUT2D eigenvalue weighted by Gasteiger charge is 2.22. The standard InChI is InChI=1S/C25H31N5O2/c1-30(2)24-20-5-3-4-6-21(20)28-25(29-24)27-19-10-8-18(9-11-19)26-16-17-7-12-22-23(15-17)32-14-13-31-22/h3-7,12,15,18-19,26H,8-11,13-14,16H2,1-2H3,(H,27,28,29). The molecule has 0 bridgehead atoms. The van der Waals surface area contributed by atoms with E-state index in [2.05, 4.69) is 28.8 Å². The van der Waals surface area contributed by atoms with Crippen molar-refractivity contribution < 1.29 is 9.47 Å². The number of fused-ring (bicyclic) bond motifs is 2. The molecule has 2 aliphatic rings. The Morgan fingerprint density at radius 2 is 1.66 bits per heavy atom. The third-order valence-electron chi connectivity index (χ3n) is 6.27. The monoisotopic (exact) mass is 433 g/mol. The summed E-state index contributed by atoms with van der Waals surface area (Å²) in [5, 5.41) is 8.38. The first-order valence-electron chi connectivity index (χ1n) is 11.5. The van der Waals surface area contributed by atoms with Crippen molar-refractivity contribution in [2.24, 2.45) is 0 Å². The lowest BCUT2D eigenvalue weighted by molar-refractivity contribution is 0.171. The van der Waals surface area contributed by atoms with Crippen LogP contribution in [0.15, 0.2) is 42.5 Å². The van der Waals surface area contributed by atoms with E-state index in [0.29, 0.717) is 25.3 Å². The number of aromatic nitrogens is 2. The molecule has 2 aromatic carbocycles. The second kappa shape index (κ2) is 9.20. The molecule has 1 aliphatic heterocycles. The van der Waals surface area contributed by atoms with E-state index in [-0.39, 0.29) is 0 Å². The number of nitrogens with zero attached hydrogens (tertiary/aromatic N) is 3. The largest absolute Gasteiger partial charge is 0.486 e. The van der Waals surface area contributed by atoms with Gasteiger partial charge in [0.1, 0.15) is 19.0 Å². The molecule has 1 fully saturated rings. The number of rotatable bonds is 6. The SMILES string of the molecule is CN(C)c1nc(NC2CCC(NCc3ccc4c(c3)OCCO4)CC2)nc2ccccc12. The van der Waals surface area contributed by atoms with Crippen LogP contribution in [0.25, 0.3) is 10.9 Å². The molecule has 168 valence electrons. The van der Waals surface area contributed by atoms with Crippen molar-refractivity contribution in [1.29, 1.82) is 0 Å². The van der Waals surface area contributed by atoms with Crippen LogP contribution < -0.4 is 25.0 Å². The Balaban J connectivity index is 1.16. The predicted molar refractivity (Wildman–Crippen MR) is 128 cm³/mol. The first-order valence-corrected chi connectivity index (χ1v) is 11.5. The van der Waals surface area contributed by atoms with Crippen molar-refractivity contribution in [1.82, 2.24) is 15.3 Å². The van der Waals surface area contributed by atoms with Crippen LogP contribution in [-0.2, 0) is 6.54 Å². The topological polar surface area (TPSA) is 71.5 Å². The average Bonchev–Trinajstić information content (AvgIpc) is 2.83. The number of hydrogen-bond donors (Lipinski definition) is 2. The number of hydrogen-bond acceptors (Lipinski definition) is 7. The molecule has 32 heavy (non-hydrogen) atoms. The van der Waals surface area contributed by atoms with Gasteiger partial charge in [-0.15, -0.1) is 0 Å². The Hall–Kier alpha value is -3.06. The maximum absolute atomic E-state index is 5.70. The third-order valence-corrected chi connectivity index (χ3v) is 6.27. The van der Waals surface area contributed by atoms with Crippen LogP contribution in [0, 0.1) is 0 Å². The van der Waals surface area contributed by atoms with Crippen molar-refractivity contribution in [3.63, 3.8) is 0 Å². The van der Waals surface area contributed by atoms with Crippen molar-refractivity contribution in [2.45, 2.75) is 44.3 Å². The Morgan fingerprint density at radius 1 is 0.906 bits per heavy atom. The normalized spacial score (nSPS) is 20.2. The Kier molecular flexibility index (Phi) is 5.99. The molecule has 0 radical (unpaired) electrons. The first kappa shape index (κ1) is 20.8. The molecule has 0 saturated heterocycles. The molecule has 2 N–H and O–H groups in total. The minimum absolute atomic E-state index is 0.401. The fraction of sp³-hybridized carbons (Fsp3) is 0.440. The molecule has 0 atom stereocenters. The highest BCUT2D eigenvalue weighted by molar-refractivity contribution is 5.90. The van der Waals surface area contributed by atoms with Crippen LogP contribution >= 0.6 is 0 Å². The fourth-order valence-electron chi connectivity index (χ4n) is 4.55. The van der Waals surface area contributed by atoms with E-state index >= 15 is 0 Å². The molecular formula is C25H31N5O2. The molecule has 7 heteroatoms. The summed E-state index contributed by atoms with van der Waals surface area (Å²) < 4.78 is 11.3. The van der Waals surface area contributed by atoms with Crippen LogP contribution in [-0.4, -0.2) is 49.4 Å². The van der Waals surface area contributed by atoms with Gasteiger partial charge in [0.2, 0.25) is 5.95 Å². The molecule has 5 rings (SSSR count). The summed E-state index contributed by atoms with van der Waals surface area (Å²) >= 11 is 0. The van der Waals surface area contributed by atoms with Gasteiger partial charge in [-0.2, -0.15) is 4.98 Å². The van der Waals surface area contributed by atoms with Gasteiger partial charge in [-0.3, -0.25) is 0 Å². The van der Waals surface area contributed by atoms with Gasteiger partial charge in [-0.25, -0.2) is 4.98 Å². The molecule has 1 saturated carbocycles. The van der Waals surface area contributed by atoms with Crippen molar-refractivity contribution in [3.8, 4) is 11.5 Å². The van der Waals surface area contributed by atoms with Crippen molar-refractivity contribution in [3.05, 3.63) is 48.0 Å². The second-order valence-electron chi connectivity index (χ2n) is 8.83. The zero-order chi connectivity index (χ0) is 21.9. The maximum Gasteiger partial charge on any atom is 0.225 e. The van der Waals surface area contributed by atoms with Crippen LogP contribution in [0.2, 0.25) is 0 Å². The molecule has 2 heterocycles. The van der Waals surface area contributed by atoms with E-state index in [1.807, 2.05) is 43.3 Å². The van der Waals surface area contributed by atoms with Crippen molar-refractivity contribution >= 4 is 22.7 Å². The molecule has 1 aromatic heterocycles. The van der Waals surface area contributed by atoms with E-state index in [0.717, 1.165) is 66.4 Å². The Bertz CT molecular complexity index is 1080. The minimum atomic E-state index is 0.401. The molecule has 7 nitrogen and oxygen atoms in total. The average molecular weight is 434 g/mol. The first-order chi connectivity index (χ1) is 15.7. The van der Waals surface area contributed by atoms with Gasteiger partial charge in [0, 0.05) is 38.1 Å². The zero-order valence-electron chi connectivity index (χ0n) is 18.8. The molecule has 3 aromatic rings. The molecule has 0 spiro atoms. The van der Waals surface area contributed by atoms with Crippen LogP contribution in [0.4, 0.5) is 11.8 Å². The summed E-state index contributed by atoms with van der Waals surface area (Å²) in [6, 6.07) is 15.3. The molecule has 0 amide bonds. The zero-order valence-corrected chi connectivity index (χ0v) is 18.8. The van der Waals surface area contributed by atoms with Gasteiger partial charge < -0.3 is 25.0 Å². The summed E-state index contributed by atoms with van der Waals surface area (Å²) in [6.45, 7) is 2.10. The van der Waals surface area contributed by atoms with E-state index in [9.17, 15) is 0 Å². The van der Waals surface area contributed by atoms with Gasteiger partial charge in [0.05, 0.1) is 5.52 Å². The van der Waals surface area contributed by atoms with Gasteiger partial charge in [0.15, 0.2) is 11.5 Å². The Labute approximate surface area is 189 Å². The van der Waals surface area contributed by atoms with Gasteiger partial charge in [-0.1, -0.05) is 18.2 Å². The van der Waals surface area contributed by atoms with Gasteiger partial charge in [-0.05, 0) is 55.5 Å². The van der Waals surface area contributed by atoms with E-state index in [1.54, 1.807) is 0 Å². The van der Waals surface area contributed by atoms with E-state index < -0.39 is 0 Å². The van der Waals surface area contributed by atoms with E-state index in [4.69, 9.17) is 19.4 Å². The van der Waals surface area contributed by atoms with Crippen molar-refractivity contribution in [2.75, 3.05) is 37.5 Å². The summed E-state index contributed by atoms with van der Waals surface area (Å²) in [7, 11) is 4.05. The smallest absolute Gasteiger partial charge is 0.225 e. The van der Waals surface area contributed by atoms with Crippen LogP contribution in [0.3, 0.4) is 0 Å². The summed E-state index contributed by atoms with van der Waals surface area (Å²) in [4.78, 5) is 11.6. The lowest BCUT2D eigenvalue weighted by atomic mass is 9.91. The predicted octanol–water partition coefficient (Wildman–Crippen LogP) is 3.98. The number of benzene rings is 2. The van der Waals surface area contributed by atoms with Gasteiger partial charge in [0.25, 0.3) is 0 Å². The molecule has 1 aliphatic carbocycles. The third kappa shape index (κ3) is 4.58. The second-order valence-corrected chi connectivity index (χ2v) is 8.83. The minimum Gasteiger partial charge on any atom is -0.486 e. The lowest BCUT2D eigenvalue weighted by Crippen LogP contribution is -2.37. The maximum atomic E-state index is 5.70. The lowest BCUT2D eigenvalue weighted by Gasteiger charge is -2.30. The quantitative estimate of drug-likeness (QED) is 0.609. The van der Waals surface area contributed by atoms with E-state index in [1.165, 1.54) is 5.56 Å². The summed E-state index contributed by atoms with van der Waals surface area (Å²) in [6.07, 6.45) is 4.48. The van der Waals surface area contributed by atoms with Crippen LogP contribution in [0.5, 0.6) is 11.5 Å². The number of nitrogens with one attached hydrogen (secondary N) is 2. The summed E-state index contributed by atoms with van der Waals surface area (Å²) in [5.41, 5.74) is 2.21. The number of para-hydroxylation sites is 1. The van der Waals surface area contributed by atoms with Crippen LogP contribution in [0.1, 0.15) is 31.2 Å². The fourth-order valence-corrected chi connectivity index (χ4v) is 4.55. The van der Waals surface area contributed by atoms with Gasteiger partial charge >= 0.3 is 0 Å². The highest BCUT2D eigenvalue weighted by atomic mass is 16.6. The summed E-state index contributed by atoms with van der Waals surface area (Å²) in [5.74, 6) is 3.38. The number of ether oxygens (including phenoxy) is 2. The number of anilines is 2. The molecule has 0 unspecified atom stereocenters. The molecular weight excluding hydrogens is 402 g/mol. The highest BCUT2D eigenvalue weighted by Crippen LogP contribution is 2.31.